The number of aliphatic carboxylic acids is 1. The van der Waals surface area contributed by atoms with Crippen LogP contribution in [0.1, 0.15) is 19.8 Å². The second-order valence-electron chi connectivity index (χ2n) is 3.79. The number of nitrogens with zero attached hydrogens (tertiary/aromatic N) is 2. The number of hydrogen-bond donors (Lipinski definition) is 3. The maximum absolute atomic E-state index is 11.1. The van der Waals surface area contributed by atoms with Crippen LogP contribution in [0.4, 0.5) is 5.82 Å². The molecular formula is C11H14N4O2. The van der Waals surface area contributed by atoms with Crippen LogP contribution in [0.2, 0.25) is 0 Å². The van der Waals surface area contributed by atoms with Crippen molar-refractivity contribution in [3.8, 4) is 0 Å². The van der Waals surface area contributed by atoms with Crippen molar-refractivity contribution in [2.24, 2.45) is 0 Å². The second-order valence-corrected chi connectivity index (χ2v) is 3.79. The zero-order chi connectivity index (χ0) is 12.3. The zero-order valence-electron chi connectivity index (χ0n) is 9.47. The minimum absolute atomic E-state index is 0.553. The molecule has 0 aliphatic heterocycles. The van der Waals surface area contributed by atoms with Gasteiger partial charge in [0, 0.05) is 6.20 Å². The first kappa shape index (κ1) is 11.4. The van der Waals surface area contributed by atoms with Gasteiger partial charge in [0.2, 0.25) is 0 Å². The topological polar surface area (TPSA) is 90.9 Å². The van der Waals surface area contributed by atoms with Crippen molar-refractivity contribution >= 4 is 22.8 Å². The van der Waals surface area contributed by atoms with Crippen LogP contribution in [0.15, 0.2) is 18.6 Å². The molecule has 0 aromatic carbocycles. The summed E-state index contributed by atoms with van der Waals surface area (Å²) in [7, 11) is 0. The molecule has 0 fully saturated rings. The Morgan fingerprint density at radius 2 is 2.41 bits per heavy atom. The van der Waals surface area contributed by atoms with Gasteiger partial charge in [-0.1, -0.05) is 13.3 Å². The summed E-state index contributed by atoms with van der Waals surface area (Å²) in [4.78, 5) is 22.1. The highest BCUT2D eigenvalue weighted by atomic mass is 16.4. The normalized spacial score (nSPS) is 12.5. The molecule has 0 saturated heterocycles. The molecule has 6 heteroatoms. The minimum atomic E-state index is -0.867. The third-order valence-electron chi connectivity index (χ3n) is 2.54. The summed E-state index contributed by atoms with van der Waals surface area (Å²) in [6.07, 6.45) is 4.52. The van der Waals surface area contributed by atoms with Crippen molar-refractivity contribution in [2.75, 3.05) is 5.32 Å². The third kappa shape index (κ3) is 2.35. The lowest BCUT2D eigenvalue weighted by Gasteiger charge is -2.14. The van der Waals surface area contributed by atoms with Gasteiger partial charge in [0.05, 0.1) is 5.39 Å². The maximum Gasteiger partial charge on any atom is 0.326 e. The van der Waals surface area contributed by atoms with Crippen LogP contribution in [0.3, 0.4) is 0 Å². The van der Waals surface area contributed by atoms with Gasteiger partial charge in [-0.25, -0.2) is 14.8 Å². The molecule has 0 aliphatic rings. The fraction of sp³-hybridized carbons (Fsp3) is 0.364. The van der Waals surface area contributed by atoms with Gasteiger partial charge in [0.1, 0.15) is 23.8 Å². The number of H-pyrrole nitrogens is 1. The van der Waals surface area contributed by atoms with Crippen LogP contribution in [0, 0.1) is 0 Å². The number of aromatic amines is 1. The van der Waals surface area contributed by atoms with E-state index in [4.69, 9.17) is 5.11 Å². The Bertz CT molecular complexity index is 523. The number of carbonyl (C=O) groups is 1. The lowest BCUT2D eigenvalue weighted by molar-refractivity contribution is -0.138. The Balaban J connectivity index is 2.27. The number of aromatic nitrogens is 3. The van der Waals surface area contributed by atoms with E-state index >= 15 is 0 Å². The summed E-state index contributed by atoms with van der Waals surface area (Å²) in [5, 5.41) is 12.8. The molecule has 0 aliphatic carbocycles. The van der Waals surface area contributed by atoms with Crippen molar-refractivity contribution in [2.45, 2.75) is 25.8 Å². The molecule has 17 heavy (non-hydrogen) atoms. The van der Waals surface area contributed by atoms with Crippen molar-refractivity contribution in [1.29, 1.82) is 0 Å². The predicted octanol–water partition coefficient (Wildman–Crippen LogP) is 1.62. The quantitative estimate of drug-likeness (QED) is 0.731. The van der Waals surface area contributed by atoms with Crippen LogP contribution in [-0.2, 0) is 4.79 Å². The summed E-state index contributed by atoms with van der Waals surface area (Å²) >= 11 is 0. The molecule has 2 heterocycles. The largest absolute Gasteiger partial charge is 0.480 e. The first-order valence-electron chi connectivity index (χ1n) is 5.49. The highest BCUT2D eigenvalue weighted by molar-refractivity contribution is 5.88. The Kier molecular flexibility index (Phi) is 3.22. The third-order valence-corrected chi connectivity index (χ3v) is 2.54. The average molecular weight is 234 g/mol. The van der Waals surface area contributed by atoms with E-state index in [9.17, 15) is 4.79 Å². The number of hydrogen-bond acceptors (Lipinski definition) is 4. The highest BCUT2D eigenvalue weighted by Crippen LogP contribution is 2.19. The van der Waals surface area contributed by atoms with E-state index in [1.807, 2.05) is 13.0 Å². The van der Waals surface area contributed by atoms with Gasteiger partial charge < -0.3 is 15.4 Å². The SMILES string of the molecule is CCC[C@H](Nc1ncnc2[nH]ccc12)C(=O)O. The van der Waals surface area contributed by atoms with Crippen LogP contribution in [-0.4, -0.2) is 32.1 Å². The Morgan fingerprint density at radius 3 is 3.12 bits per heavy atom. The van der Waals surface area contributed by atoms with Crippen LogP contribution in [0.25, 0.3) is 11.0 Å². The highest BCUT2D eigenvalue weighted by Gasteiger charge is 2.17. The fourth-order valence-electron chi connectivity index (χ4n) is 1.70. The van der Waals surface area contributed by atoms with Gasteiger partial charge in [0.15, 0.2) is 0 Å². The molecule has 0 amide bonds. The van der Waals surface area contributed by atoms with Crippen molar-refractivity contribution in [3.05, 3.63) is 18.6 Å². The zero-order valence-corrected chi connectivity index (χ0v) is 9.47. The van der Waals surface area contributed by atoms with E-state index in [2.05, 4.69) is 20.3 Å². The molecule has 0 spiro atoms. The van der Waals surface area contributed by atoms with Crippen molar-refractivity contribution in [1.82, 2.24) is 15.0 Å². The Hall–Kier alpha value is -2.11. The summed E-state index contributed by atoms with van der Waals surface area (Å²) in [6, 6.07) is 1.20. The molecule has 2 aromatic heterocycles. The van der Waals surface area contributed by atoms with Crippen LogP contribution in [0.5, 0.6) is 0 Å². The fourth-order valence-corrected chi connectivity index (χ4v) is 1.70. The Labute approximate surface area is 98.1 Å². The molecule has 2 aromatic rings. The number of carboxylic acid groups (broad SMARTS) is 1. The average Bonchev–Trinajstić information content (AvgIpc) is 2.77. The van der Waals surface area contributed by atoms with Crippen LogP contribution >= 0.6 is 0 Å². The summed E-state index contributed by atoms with van der Waals surface area (Å²) in [5.74, 6) is -0.314. The number of nitrogens with one attached hydrogen (secondary N) is 2. The molecule has 0 bridgehead atoms. The molecule has 2 rings (SSSR count). The lowest BCUT2D eigenvalue weighted by atomic mass is 10.1. The van der Waals surface area contributed by atoms with Gasteiger partial charge in [-0.05, 0) is 12.5 Å². The van der Waals surface area contributed by atoms with E-state index in [1.165, 1.54) is 6.33 Å². The molecule has 0 radical (unpaired) electrons. The van der Waals surface area contributed by atoms with Crippen molar-refractivity contribution < 1.29 is 9.90 Å². The monoisotopic (exact) mass is 234 g/mol. The number of rotatable bonds is 5. The number of fused-ring (bicyclic) bond motifs is 1. The van der Waals surface area contributed by atoms with Gasteiger partial charge in [-0.15, -0.1) is 0 Å². The lowest BCUT2D eigenvalue weighted by Crippen LogP contribution is -2.29. The van der Waals surface area contributed by atoms with E-state index in [1.54, 1.807) is 6.20 Å². The molecule has 6 nitrogen and oxygen atoms in total. The summed E-state index contributed by atoms with van der Waals surface area (Å²) in [6.45, 7) is 1.95. The smallest absolute Gasteiger partial charge is 0.326 e. The van der Waals surface area contributed by atoms with Gasteiger partial charge in [0.25, 0.3) is 0 Å². The minimum Gasteiger partial charge on any atom is -0.480 e. The molecule has 0 unspecified atom stereocenters. The summed E-state index contributed by atoms with van der Waals surface area (Å²) < 4.78 is 0. The van der Waals surface area contributed by atoms with E-state index < -0.39 is 12.0 Å². The van der Waals surface area contributed by atoms with E-state index in [-0.39, 0.29) is 0 Å². The standard InChI is InChI=1S/C11H14N4O2/c1-2-3-8(11(16)17)15-10-7-4-5-12-9(7)13-6-14-10/h4-6,8H,2-3H2,1H3,(H,16,17)(H2,12,13,14,15)/t8-/m0/s1. The molecular weight excluding hydrogens is 220 g/mol. The van der Waals surface area contributed by atoms with Crippen molar-refractivity contribution in [3.63, 3.8) is 0 Å². The van der Waals surface area contributed by atoms with Gasteiger partial charge >= 0.3 is 5.97 Å². The maximum atomic E-state index is 11.1. The molecule has 3 N–H and O–H groups in total. The molecule has 90 valence electrons. The Morgan fingerprint density at radius 1 is 1.59 bits per heavy atom. The second kappa shape index (κ2) is 4.82. The summed E-state index contributed by atoms with van der Waals surface area (Å²) in [5.41, 5.74) is 0.697. The van der Waals surface area contributed by atoms with Gasteiger partial charge in [-0.2, -0.15) is 0 Å². The van der Waals surface area contributed by atoms with Crippen LogP contribution < -0.4 is 5.32 Å². The van der Waals surface area contributed by atoms with Gasteiger partial charge in [-0.3, -0.25) is 0 Å². The predicted molar refractivity (Wildman–Crippen MR) is 63.8 cm³/mol. The molecule has 0 saturated carbocycles. The first-order valence-corrected chi connectivity index (χ1v) is 5.49. The van der Waals surface area contributed by atoms with E-state index in [0.717, 1.165) is 11.8 Å². The molecule has 1 atom stereocenters. The number of carboxylic acids is 1. The van der Waals surface area contributed by atoms with E-state index in [0.29, 0.717) is 17.9 Å². The number of anilines is 1. The first-order chi connectivity index (χ1) is 8.22.